The van der Waals surface area contributed by atoms with Crippen LogP contribution in [0.3, 0.4) is 0 Å². The first-order chi connectivity index (χ1) is 9.94. The summed E-state index contributed by atoms with van der Waals surface area (Å²) < 4.78 is 28.1. The van der Waals surface area contributed by atoms with E-state index in [0.717, 1.165) is 6.07 Å². The summed E-state index contributed by atoms with van der Waals surface area (Å²) in [4.78, 5) is 24.0. The summed E-state index contributed by atoms with van der Waals surface area (Å²) in [6.07, 6.45) is 0.381. The maximum Gasteiger partial charge on any atom is 0.287 e. The molecule has 2 heterocycles. The molecule has 0 aliphatic carbocycles. The molecule has 3 rings (SSSR count). The van der Waals surface area contributed by atoms with Gasteiger partial charge in [-0.1, -0.05) is 12.1 Å². The van der Waals surface area contributed by atoms with Crippen molar-refractivity contribution in [1.29, 1.82) is 0 Å². The van der Waals surface area contributed by atoms with Gasteiger partial charge in [0.05, 0.1) is 16.9 Å². The molecule has 2 aromatic rings. The van der Waals surface area contributed by atoms with Crippen molar-refractivity contribution in [2.45, 2.75) is 12.5 Å². The summed E-state index contributed by atoms with van der Waals surface area (Å²) in [6.45, 7) is 0. The average Bonchev–Trinajstić information content (AvgIpc) is 2.78. The normalized spacial score (nSPS) is 20.5. The van der Waals surface area contributed by atoms with E-state index < -0.39 is 21.8 Å². The van der Waals surface area contributed by atoms with Crippen LogP contribution in [-0.2, 0) is 9.84 Å². The maximum absolute atomic E-state index is 12.1. The number of carbonyl (C=O) groups excluding carboxylic acids is 1. The minimum atomic E-state index is -3.07. The Bertz CT molecular complexity index is 868. The molecule has 0 radical (unpaired) electrons. The Hall–Kier alpha value is -2.15. The van der Waals surface area contributed by atoms with Gasteiger partial charge >= 0.3 is 0 Å². The first kappa shape index (κ1) is 13.8. The standard InChI is InChI=1S/C14H13NO5S/c16-11-7-13(20-12-4-2-1-3-10(11)12)14(17)15-9-5-6-21(18,19)8-9/h1-4,7,9H,5-6,8H2,(H,15,17). The number of amides is 1. The molecule has 110 valence electrons. The van der Waals surface area contributed by atoms with Gasteiger partial charge in [0.1, 0.15) is 5.58 Å². The molecule has 1 N–H and O–H groups in total. The molecule has 1 atom stereocenters. The Kier molecular flexibility index (Phi) is 3.29. The molecule has 1 aromatic carbocycles. The fourth-order valence-corrected chi connectivity index (χ4v) is 4.05. The molecule has 0 spiro atoms. The topological polar surface area (TPSA) is 93.5 Å². The van der Waals surface area contributed by atoms with E-state index in [-0.39, 0.29) is 22.7 Å². The maximum atomic E-state index is 12.1. The van der Waals surface area contributed by atoms with E-state index in [0.29, 0.717) is 17.4 Å². The molecule has 1 saturated heterocycles. The van der Waals surface area contributed by atoms with Crippen LogP contribution in [0.25, 0.3) is 11.0 Å². The second-order valence-corrected chi connectivity index (χ2v) is 7.27. The van der Waals surface area contributed by atoms with Crippen molar-refractivity contribution in [2.75, 3.05) is 11.5 Å². The second-order valence-electron chi connectivity index (χ2n) is 5.04. The van der Waals surface area contributed by atoms with E-state index in [1.807, 2.05) is 0 Å². The molecule has 1 aliphatic rings. The fraction of sp³-hybridized carbons (Fsp3) is 0.286. The van der Waals surface area contributed by atoms with Gasteiger partial charge in [0.15, 0.2) is 21.0 Å². The summed E-state index contributed by atoms with van der Waals surface area (Å²) in [5, 5.41) is 2.99. The number of rotatable bonds is 2. The highest BCUT2D eigenvalue weighted by molar-refractivity contribution is 7.91. The van der Waals surface area contributed by atoms with Crippen LogP contribution in [-0.4, -0.2) is 31.9 Å². The molecule has 21 heavy (non-hydrogen) atoms. The third-order valence-corrected chi connectivity index (χ3v) is 5.19. The zero-order valence-corrected chi connectivity index (χ0v) is 11.9. The zero-order valence-electron chi connectivity index (χ0n) is 11.0. The number of sulfone groups is 1. The van der Waals surface area contributed by atoms with Crippen molar-refractivity contribution in [1.82, 2.24) is 5.32 Å². The van der Waals surface area contributed by atoms with Crippen LogP contribution in [0.15, 0.2) is 39.5 Å². The lowest BCUT2D eigenvalue weighted by Gasteiger charge is -2.10. The van der Waals surface area contributed by atoms with Crippen LogP contribution >= 0.6 is 0 Å². The quantitative estimate of drug-likeness (QED) is 0.882. The van der Waals surface area contributed by atoms with Crippen LogP contribution < -0.4 is 10.7 Å². The van der Waals surface area contributed by atoms with E-state index in [2.05, 4.69) is 5.32 Å². The number of hydrogen-bond acceptors (Lipinski definition) is 5. The Morgan fingerprint density at radius 1 is 1.29 bits per heavy atom. The van der Waals surface area contributed by atoms with Crippen LogP contribution in [0.5, 0.6) is 0 Å². The van der Waals surface area contributed by atoms with E-state index in [1.165, 1.54) is 0 Å². The van der Waals surface area contributed by atoms with Gasteiger partial charge in [-0.25, -0.2) is 8.42 Å². The van der Waals surface area contributed by atoms with Crippen molar-refractivity contribution in [3.8, 4) is 0 Å². The van der Waals surface area contributed by atoms with E-state index >= 15 is 0 Å². The van der Waals surface area contributed by atoms with Gasteiger partial charge in [0, 0.05) is 12.1 Å². The number of fused-ring (bicyclic) bond motifs is 1. The smallest absolute Gasteiger partial charge is 0.287 e. The molecular weight excluding hydrogens is 294 g/mol. The monoisotopic (exact) mass is 307 g/mol. The summed E-state index contributed by atoms with van der Waals surface area (Å²) in [7, 11) is -3.07. The third kappa shape index (κ3) is 2.82. The second kappa shape index (κ2) is 5.00. The predicted molar refractivity (Wildman–Crippen MR) is 77.0 cm³/mol. The molecule has 0 bridgehead atoms. The number of carbonyl (C=O) groups is 1. The SMILES string of the molecule is O=C(NC1CCS(=O)(=O)C1)c1cc(=O)c2ccccc2o1. The van der Waals surface area contributed by atoms with Gasteiger partial charge < -0.3 is 9.73 Å². The molecule has 1 aromatic heterocycles. The first-order valence-electron chi connectivity index (χ1n) is 6.49. The lowest BCUT2D eigenvalue weighted by molar-refractivity contribution is 0.0913. The van der Waals surface area contributed by atoms with E-state index in [1.54, 1.807) is 24.3 Å². The number of hydrogen-bond donors (Lipinski definition) is 1. The third-order valence-electron chi connectivity index (χ3n) is 3.43. The van der Waals surface area contributed by atoms with Crippen LogP contribution in [0.1, 0.15) is 17.0 Å². The molecule has 7 heteroatoms. The Balaban J connectivity index is 1.87. The van der Waals surface area contributed by atoms with Crippen LogP contribution in [0.2, 0.25) is 0 Å². The van der Waals surface area contributed by atoms with Gasteiger partial charge in [-0.15, -0.1) is 0 Å². The minimum absolute atomic E-state index is 0.0691. The average molecular weight is 307 g/mol. The molecule has 0 saturated carbocycles. The summed E-state index contributed by atoms with van der Waals surface area (Å²) in [5.41, 5.74) is 0.0234. The fourth-order valence-electron chi connectivity index (χ4n) is 2.38. The van der Waals surface area contributed by atoms with Gasteiger partial charge in [-0.05, 0) is 18.6 Å². The Morgan fingerprint density at radius 2 is 2.05 bits per heavy atom. The highest BCUT2D eigenvalue weighted by Gasteiger charge is 2.29. The van der Waals surface area contributed by atoms with Crippen LogP contribution in [0.4, 0.5) is 0 Å². The van der Waals surface area contributed by atoms with Crippen molar-refractivity contribution < 1.29 is 17.6 Å². The van der Waals surface area contributed by atoms with E-state index in [9.17, 15) is 18.0 Å². The molecular formula is C14H13NO5S. The Labute approximate surface area is 120 Å². The van der Waals surface area contributed by atoms with Gasteiger partial charge in [-0.3, -0.25) is 9.59 Å². The van der Waals surface area contributed by atoms with Crippen molar-refractivity contribution in [3.05, 3.63) is 46.3 Å². The highest BCUT2D eigenvalue weighted by atomic mass is 32.2. The summed E-state index contributed by atoms with van der Waals surface area (Å²) in [5.74, 6) is -0.682. The first-order valence-corrected chi connectivity index (χ1v) is 8.31. The highest BCUT2D eigenvalue weighted by Crippen LogP contribution is 2.14. The molecule has 1 fully saturated rings. The summed E-state index contributed by atoms with van der Waals surface area (Å²) in [6, 6.07) is 7.33. The largest absolute Gasteiger partial charge is 0.451 e. The van der Waals surface area contributed by atoms with E-state index in [4.69, 9.17) is 4.42 Å². The van der Waals surface area contributed by atoms with Crippen molar-refractivity contribution in [2.24, 2.45) is 0 Å². The molecule has 1 unspecified atom stereocenters. The lowest BCUT2D eigenvalue weighted by atomic mass is 10.2. The number of benzene rings is 1. The van der Waals surface area contributed by atoms with Crippen molar-refractivity contribution >= 4 is 26.7 Å². The molecule has 6 nitrogen and oxygen atoms in total. The lowest BCUT2D eigenvalue weighted by Crippen LogP contribution is -2.35. The predicted octanol–water partition coefficient (Wildman–Crippen LogP) is 0.710. The molecule has 1 amide bonds. The van der Waals surface area contributed by atoms with Crippen LogP contribution in [0, 0.1) is 0 Å². The zero-order chi connectivity index (χ0) is 15.0. The minimum Gasteiger partial charge on any atom is -0.451 e. The molecule has 1 aliphatic heterocycles. The van der Waals surface area contributed by atoms with Gasteiger partial charge in [-0.2, -0.15) is 0 Å². The van der Waals surface area contributed by atoms with Gasteiger partial charge in [0.2, 0.25) is 0 Å². The number of para-hydroxylation sites is 1. The number of nitrogens with one attached hydrogen (secondary N) is 1. The van der Waals surface area contributed by atoms with Crippen molar-refractivity contribution in [3.63, 3.8) is 0 Å². The Morgan fingerprint density at radius 3 is 2.76 bits per heavy atom. The summed E-state index contributed by atoms with van der Waals surface area (Å²) >= 11 is 0. The van der Waals surface area contributed by atoms with Gasteiger partial charge in [0.25, 0.3) is 5.91 Å².